The third kappa shape index (κ3) is 5.06. The number of piperazine rings is 1. The van der Waals surface area contributed by atoms with E-state index in [9.17, 15) is 0 Å². The number of benzene rings is 1. The summed E-state index contributed by atoms with van der Waals surface area (Å²) in [7, 11) is 0. The molecule has 3 rings (SSSR count). The number of anilines is 1. The Morgan fingerprint density at radius 2 is 1.92 bits per heavy atom. The van der Waals surface area contributed by atoms with Crippen LogP contribution in [-0.2, 0) is 0 Å². The van der Waals surface area contributed by atoms with Gasteiger partial charge in [-0.2, -0.15) is 5.10 Å². The number of nitrogens with two attached hydrogens (primary N) is 1. The first-order chi connectivity index (χ1) is 12.1. The number of hydrogen-bond donors (Lipinski definition) is 2. The standard InChI is InChI=1S/C18H26ClN5S/c19-16-12-14(13-21-22-18(20)25)6-7-17(16)24-10-8-23(9-11-24)15-4-2-1-3-5-15/h6-7,12-13,15H,1-5,8-11H2,(H3,20,22,25). The Labute approximate surface area is 160 Å². The number of halogens is 1. The van der Waals surface area contributed by atoms with Gasteiger partial charge in [-0.1, -0.05) is 36.9 Å². The van der Waals surface area contributed by atoms with Crippen LogP contribution in [0.2, 0.25) is 5.02 Å². The molecule has 1 aliphatic heterocycles. The predicted molar refractivity (Wildman–Crippen MR) is 110 cm³/mol. The molecule has 0 amide bonds. The van der Waals surface area contributed by atoms with Crippen molar-refractivity contribution in [1.82, 2.24) is 10.3 Å². The molecule has 3 N–H and O–H groups in total. The Balaban J connectivity index is 1.57. The third-order valence-corrected chi connectivity index (χ3v) is 5.50. The third-order valence-electron chi connectivity index (χ3n) is 5.11. The maximum Gasteiger partial charge on any atom is 0.184 e. The van der Waals surface area contributed by atoms with E-state index in [4.69, 9.17) is 29.6 Å². The summed E-state index contributed by atoms with van der Waals surface area (Å²) < 4.78 is 0. The number of hydrazone groups is 1. The van der Waals surface area contributed by atoms with E-state index in [-0.39, 0.29) is 5.11 Å². The summed E-state index contributed by atoms with van der Waals surface area (Å²) in [5.41, 5.74) is 9.91. The molecule has 1 aromatic carbocycles. The lowest BCUT2D eigenvalue weighted by atomic mass is 9.94. The van der Waals surface area contributed by atoms with Gasteiger partial charge in [0.1, 0.15) is 0 Å². The maximum atomic E-state index is 6.50. The largest absolute Gasteiger partial charge is 0.375 e. The van der Waals surface area contributed by atoms with Crippen LogP contribution in [0.4, 0.5) is 5.69 Å². The van der Waals surface area contributed by atoms with E-state index >= 15 is 0 Å². The van der Waals surface area contributed by atoms with Gasteiger partial charge in [0, 0.05) is 32.2 Å². The molecule has 1 aliphatic carbocycles. The molecule has 0 bridgehead atoms. The zero-order chi connectivity index (χ0) is 17.6. The Morgan fingerprint density at radius 3 is 2.56 bits per heavy atom. The van der Waals surface area contributed by atoms with Gasteiger partial charge < -0.3 is 10.6 Å². The van der Waals surface area contributed by atoms with Gasteiger partial charge in [-0.3, -0.25) is 10.3 Å². The van der Waals surface area contributed by atoms with Crippen LogP contribution in [-0.4, -0.2) is 48.4 Å². The van der Waals surface area contributed by atoms with Crippen LogP contribution >= 0.6 is 23.8 Å². The summed E-state index contributed by atoms with van der Waals surface area (Å²) in [5, 5.41) is 4.87. The number of nitrogens with zero attached hydrogens (tertiary/aromatic N) is 3. The van der Waals surface area contributed by atoms with E-state index in [2.05, 4.69) is 26.4 Å². The molecule has 136 valence electrons. The lowest BCUT2D eigenvalue weighted by Crippen LogP contribution is -2.50. The molecule has 0 spiro atoms. The van der Waals surface area contributed by atoms with Crippen LogP contribution in [0.15, 0.2) is 23.3 Å². The second kappa shape index (κ2) is 8.83. The highest BCUT2D eigenvalue weighted by Gasteiger charge is 2.25. The minimum atomic E-state index is 0.148. The van der Waals surface area contributed by atoms with Crippen molar-refractivity contribution in [2.75, 3.05) is 31.1 Å². The van der Waals surface area contributed by atoms with Crippen molar-refractivity contribution in [3.05, 3.63) is 28.8 Å². The summed E-state index contributed by atoms with van der Waals surface area (Å²) >= 11 is 11.2. The van der Waals surface area contributed by atoms with Gasteiger partial charge in [0.2, 0.25) is 0 Å². The predicted octanol–water partition coefficient (Wildman–Crippen LogP) is 2.96. The molecular weight excluding hydrogens is 354 g/mol. The average Bonchev–Trinajstić information content (AvgIpc) is 2.63. The summed E-state index contributed by atoms with van der Waals surface area (Å²) in [6.07, 6.45) is 8.60. The lowest BCUT2D eigenvalue weighted by molar-refractivity contribution is 0.148. The highest BCUT2D eigenvalue weighted by atomic mass is 35.5. The van der Waals surface area contributed by atoms with Gasteiger partial charge >= 0.3 is 0 Å². The minimum Gasteiger partial charge on any atom is -0.375 e. The highest BCUT2D eigenvalue weighted by molar-refractivity contribution is 7.80. The van der Waals surface area contributed by atoms with Crippen molar-refractivity contribution >= 4 is 40.8 Å². The van der Waals surface area contributed by atoms with Crippen molar-refractivity contribution in [2.45, 2.75) is 38.1 Å². The van der Waals surface area contributed by atoms with E-state index in [1.54, 1.807) is 6.21 Å². The molecule has 0 atom stereocenters. The minimum absolute atomic E-state index is 0.148. The zero-order valence-electron chi connectivity index (χ0n) is 14.5. The molecular formula is C18H26ClN5S. The van der Waals surface area contributed by atoms with Crippen LogP contribution in [0, 0.1) is 0 Å². The second-order valence-corrected chi connectivity index (χ2v) is 7.61. The Bertz CT molecular complexity index is 622. The van der Waals surface area contributed by atoms with E-state index in [0.717, 1.165) is 48.5 Å². The Morgan fingerprint density at radius 1 is 1.20 bits per heavy atom. The first-order valence-electron chi connectivity index (χ1n) is 9.00. The normalized spacial score (nSPS) is 20.1. The van der Waals surface area contributed by atoms with Gasteiger partial charge in [-0.05, 0) is 42.8 Å². The molecule has 25 heavy (non-hydrogen) atoms. The SMILES string of the molecule is NC(=S)NN=Cc1ccc(N2CCN(C3CCCCC3)CC2)c(Cl)c1. The van der Waals surface area contributed by atoms with Crippen molar-refractivity contribution in [3.8, 4) is 0 Å². The van der Waals surface area contributed by atoms with Crippen LogP contribution in [0.25, 0.3) is 0 Å². The summed E-state index contributed by atoms with van der Waals surface area (Å²) in [6.45, 7) is 4.32. The van der Waals surface area contributed by atoms with Gasteiger partial charge in [0.15, 0.2) is 5.11 Å². The average molecular weight is 380 g/mol. The van der Waals surface area contributed by atoms with E-state index in [1.165, 1.54) is 32.1 Å². The molecule has 1 saturated heterocycles. The smallest absolute Gasteiger partial charge is 0.184 e. The van der Waals surface area contributed by atoms with Crippen molar-refractivity contribution < 1.29 is 0 Å². The van der Waals surface area contributed by atoms with Crippen LogP contribution in [0.5, 0.6) is 0 Å². The fourth-order valence-corrected chi connectivity index (χ4v) is 4.17. The van der Waals surface area contributed by atoms with Crippen LogP contribution in [0.3, 0.4) is 0 Å². The fraction of sp³-hybridized carbons (Fsp3) is 0.556. The van der Waals surface area contributed by atoms with Crippen molar-refractivity contribution in [1.29, 1.82) is 0 Å². The molecule has 1 aromatic rings. The summed E-state index contributed by atoms with van der Waals surface area (Å²) in [4.78, 5) is 5.06. The van der Waals surface area contributed by atoms with Crippen LogP contribution in [0.1, 0.15) is 37.7 Å². The van der Waals surface area contributed by atoms with Crippen molar-refractivity contribution in [3.63, 3.8) is 0 Å². The lowest BCUT2D eigenvalue weighted by Gasteiger charge is -2.41. The number of thiocarbonyl (C=S) groups is 1. The van der Waals surface area contributed by atoms with Gasteiger partial charge in [0.05, 0.1) is 16.9 Å². The quantitative estimate of drug-likeness (QED) is 0.478. The van der Waals surface area contributed by atoms with E-state index in [0.29, 0.717) is 0 Å². The summed E-state index contributed by atoms with van der Waals surface area (Å²) in [6, 6.07) is 6.81. The molecule has 7 heteroatoms. The van der Waals surface area contributed by atoms with Gasteiger partial charge in [-0.15, -0.1) is 0 Å². The molecule has 1 heterocycles. The first kappa shape index (κ1) is 18.4. The van der Waals surface area contributed by atoms with Gasteiger partial charge in [0.25, 0.3) is 0 Å². The summed E-state index contributed by atoms with van der Waals surface area (Å²) in [5.74, 6) is 0. The molecule has 0 radical (unpaired) electrons. The molecule has 2 fully saturated rings. The Hall–Kier alpha value is -1.37. The van der Waals surface area contributed by atoms with Crippen molar-refractivity contribution in [2.24, 2.45) is 10.8 Å². The number of nitrogens with one attached hydrogen (secondary N) is 1. The van der Waals surface area contributed by atoms with Gasteiger partial charge in [-0.25, -0.2) is 0 Å². The molecule has 0 aromatic heterocycles. The molecule has 2 aliphatic rings. The second-order valence-electron chi connectivity index (χ2n) is 6.76. The number of hydrogen-bond acceptors (Lipinski definition) is 4. The Kier molecular flexibility index (Phi) is 6.51. The van der Waals surface area contributed by atoms with E-state index < -0.39 is 0 Å². The van der Waals surface area contributed by atoms with Crippen LogP contribution < -0.4 is 16.1 Å². The maximum absolute atomic E-state index is 6.50. The molecule has 1 saturated carbocycles. The highest BCUT2D eigenvalue weighted by Crippen LogP contribution is 2.29. The first-order valence-corrected chi connectivity index (χ1v) is 9.79. The fourth-order valence-electron chi connectivity index (χ4n) is 3.80. The molecule has 0 unspecified atom stereocenters. The topological polar surface area (TPSA) is 56.9 Å². The zero-order valence-corrected chi connectivity index (χ0v) is 16.0. The van der Waals surface area contributed by atoms with E-state index in [1.807, 2.05) is 12.1 Å². The monoisotopic (exact) mass is 379 g/mol. The molecule has 5 nitrogen and oxygen atoms in total. The number of rotatable bonds is 4.